The fourth-order valence-electron chi connectivity index (χ4n) is 3.42. The molecule has 8 heteroatoms. The molecule has 2 fully saturated rings. The van der Waals surface area contributed by atoms with E-state index in [2.05, 4.69) is 0 Å². The van der Waals surface area contributed by atoms with E-state index in [1.54, 1.807) is 0 Å². The summed E-state index contributed by atoms with van der Waals surface area (Å²) in [6.45, 7) is 2.89. The minimum Gasteiger partial charge on any atom is -0.469 e. The zero-order chi connectivity index (χ0) is 15.6. The predicted octanol–water partition coefficient (Wildman–Crippen LogP) is 1.14. The lowest BCUT2D eigenvalue weighted by molar-refractivity contribution is -0.146. The number of piperidine rings is 1. The summed E-state index contributed by atoms with van der Waals surface area (Å²) in [4.78, 5) is 11.9. The average Bonchev–Trinajstić information content (AvgIpc) is 2.49. The molecule has 1 heterocycles. The summed E-state index contributed by atoms with van der Waals surface area (Å²) in [6, 6.07) is 0.0548. The molecule has 2 N–H and O–H groups in total. The van der Waals surface area contributed by atoms with Crippen LogP contribution in [0.3, 0.4) is 0 Å². The normalized spacial score (nSPS) is 33.8. The second-order valence-corrected chi connectivity index (χ2v) is 8.44. The van der Waals surface area contributed by atoms with Crippen molar-refractivity contribution in [1.29, 1.82) is 0 Å². The smallest absolute Gasteiger partial charge is 0.310 e. The molecule has 1 aliphatic carbocycles. The Labute approximate surface area is 139 Å². The van der Waals surface area contributed by atoms with Gasteiger partial charge in [0, 0.05) is 19.1 Å². The molecule has 2 rings (SSSR count). The van der Waals surface area contributed by atoms with Gasteiger partial charge in [-0.1, -0.05) is 19.8 Å². The molecule has 0 aromatic carbocycles. The van der Waals surface area contributed by atoms with E-state index in [0.717, 1.165) is 12.8 Å². The molecular weight excluding hydrogens is 328 g/mol. The molecule has 22 heavy (non-hydrogen) atoms. The first kappa shape index (κ1) is 19.7. The van der Waals surface area contributed by atoms with Crippen LogP contribution in [0.15, 0.2) is 0 Å². The van der Waals surface area contributed by atoms with Gasteiger partial charge in [0.05, 0.1) is 18.3 Å². The average molecular weight is 355 g/mol. The van der Waals surface area contributed by atoms with Gasteiger partial charge in [0.15, 0.2) is 0 Å². The van der Waals surface area contributed by atoms with Crippen molar-refractivity contribution in [3.63, 3.8) is 0 Å². The molecule has 0 radical (unpaired) electrons. The lowest BCUT2D eigenvalue weighted by atomic mass is 9.89. The molecule has 1 saturated heterocycles. The minimum atomic E-state index is -3.47. The van der Waals surface area contributed by atoms with Gasteiger partial charge < -0.3 is 10.5 Å². The first-order valence-corrected chi connectivity index (χ1v) is 9.20. The van der Waals surface area contributed by atoms with Crippen LogP contribution in [-0.2, 0) is 19.6 Å². The molecule has 130 valence electrons. The number of ether oxygens (including phenoxy) is 1. The third-order valence-electron chi connectivity index (χ3n) is 4.88. The number of rotatable bonds is 3. The molecule has 0 aromatic rings. The standard InChI is InChI=1S/C14H26N2O4S.ClH/c1-10-9-16(8-7-12(10)15)21(18,19)13-6-4-3-5-11(13)14(17)20-2;/h10-13H,3-9,15H2,1-2H3;1H. The van der Waals surface area contributed by atoms with E-state index < -0.39 is 27.2 Å². The number of methoxy groups -OCH3 is 1. The Balaban J connectivity index is 0.00000242. The number of carbonyl (C=O) groups is 1. The van der Waals surface area contributed by atoms with Gasteiger partial charge in [-0.05, 0) is 25.2 Å². The molecule has 0 amide bonds. The lowest BCUT2D eigenvalue weighted by Gasteiger charge is -2.38. The summed E-state index contributed by atoms with van der Waals surface area (Å²) in [5.41, 5.74) is 5.96. The van der Waals surface area contributed by atoms with Crippen molar-refractivity contribution in [3.8, 4) is 0 Å². The van der Waals surface area contributed by atoms with Crippen LogP contribution in [0.5, 0.6) is 0 Å². The number of nitrogens with two attached hydrogens (primary N) is 1. The topological polar surface area (TPSA) is 89.7 Å². The molecule has 6 nitrogen and oxygen atoms in total. The summed E-state index contributed by atoms with van der Waals surface area (Å²) in [7, 11) is -2.15. The number of nitrogens with zero attached hydrogens (tertiary/aromatic N) is 1. The molecule has 4 unspecified atom stereocenters. The number of sulfonamides is 1. The molecule has 0 spiro atoms. The zero-order valence-corrected chi connectivity index (χ0v) is 14.9. The summed E-state index contributed by atoms with van der Waals surface area (Å²) >= 11 is 0. The van der Waals surface area contributed by atoms with Crippen molar-refractivity contribution in [3.05, 3.63) is 0 Å². The molecule has 2 aliphatic rings. The van der Waals surface area contributed by atoms with Gasteiger partial charge in [0.1, 0.15) is 0 Å². The van der Waals surface area contributed by atoms with Crippen LogP contribution in [0.25, 0.3) is 0 Å². The highest BCUT2D eigenvalue weighted by Crippen LogP contribution is 2.33. The Morgan fingerprint density at radius 1 is 1.23 bits per heavy atom. The van der Waals surface area contributed by atoms with Gasteiger partial charge >= 0.3 is 5.97 Å². The highest BCUT2D eigenvalue weighted by molar-refractivity contribution is 7.89. The largest absolute Gasteiger partial charge is 0.469 e. The van der Waals surface area contributed by atoms with E-state index in [-0.39, 0.29) is 24.4 Å². The Bertz CT molecular complexity index is 485. The Morgan fingerprint density at radius 3 is 2.45 bits per heavy atom. The van der Waals surface area contributed by atoms with Crippen LogP contribution in [0.4, 0.5) is 0 Å². The molecule has 4 atom stereocenters. The van der Waals surface area contributed by atoms with Crippen LogP contribution in [-0.4, -0.2) is 50.2 Å². The quantitative estimate of drug-likeness (QED) is 0.767. The van der Waals surface area contributed by atoms with Crippen molar-refractivity contribution in [2.45, 2.75) is 50.3 Å². The monoisotopic (exact) mass is 354 g/mol. The van der Waals surface area contributed by atoms with Gasteiger partial charge in [0.2, 0.25) is 10.0 Å². The van der Waals surface area contributed by atoms with Gasteiger partial charge in [-0.2, -0.15) is 0 Å². The highest BCUT2D eigenvalue weighted by Gasteiger charge is 2.44. The van der Waals surface area contributed by atoms with E-state index in [9.17, 15) is 13.2 Å². The Hall–Kier alpha value is -0.370. The number of hydrogen-bond donors (Lipinski definition) is 1. The van der Waals surface area contributed by atoms with Crippen molar-refractivity contribution >= 4 is 28.4 Å². The van der Waals surface area contributed by atoms with E-state index in [0.29, 0.717) is 32.4 Å². The summed E-state index contributed by atoms with van der Waals surface area (Å²) in [5, 5.41) is -0.639. The first-order valence-electron chi connectivity index (χ1n) is 7.70. The molecular formula is C14H27ClN2O4S. The van der Waals surface area contributed by atoms with Crippen LogP contribution in [0.2, 0.25) is 0 Å². The van der Waals surface area contributed by atoms with E-state index >= 15 is 0 Å². The first-order chi connectivity index (χ1) is 9.87. The van der Waals surface area contributed by atoms with Crippen molar-refractivity contribution in [2.75, 3.05) is 20.2 Å². The van der Waals surface area contributed by atoms with E-state index in [1.165, 1.54) is 11.4 Å². The Morgan fingerprint density at radius 2 is 1.86 bits per heavy atom. The summed E-state index contributed by atoms with van der Waals surface area (Å²) in [5.74, 6) is -0.779. The number of halogens is 1. The van der Waals surface area contributed by atoms with Gasteiger partial charge in [0.25, 0.3) is 0 Å². The van der Waals surface area contributed by atoms with Crippen molar-refractivity contribution in [2.24, 2.45) is 17.6 Å². The van der Waals surface area contributed by atoms with Crippen molar-refractivity contribution in [1.82, 2.24) is 4.31 Å². The maximum absolute atomic E-state index is 12.9. The van der Waals surface area contributed by atoms with Crippen LogP contribution in [0.1, 0.15) is 39.0 Å². The van der Waals surface area contributed by atoms with Gasteiger partial charge in [-0.15, -0.1) is 12.4 Å². The second-order valence-electron chi connectivity index (χ2n) is 6.29. The maximum Gasteiger partial charge on any atom is 0.310 e. The number of esters is 1. The third-order valence-corrected chi connectivity index (χ3v) is 7.26. The van der Waals surface area contributed by atoms with Gasteiger partial charge in [-0.3, -0.25) is 4.79 Å². The third kappa shape index (κ3) is 3.93. The molecule has 0 bridgehead atoms. The summed E-state index contributed by atoms with van der Waals surface area (Å²) in [6.07, 6.45) is 3.54. The van der Waals surface area contributed by atoms with Crippen molar-refractivity contribution < 1.29 is 17.9 Å². The number of carbonyl (C=O) groups excluding carboxylic acids is 1. The second kappa shape index (κ2) is 7.95. The highest BCUT2D eigenvalue weighted by atomic mass is 35.5. The van der Waals surface area contributed by atoms with Gasteiger partial charge in [-0.25, -0.2) is 12.7 Å². The lowest BCUT2D eigenvalue weighted by Crippen LogP contribution is -2.53. The fourth-order valence-corrected chi connectivity index (χ4v) is 5.74. The number of hydrogen-bond acceptors (Lipinski definition) is 5. The van der Waals surface area contributed by atoms with E-state index in [1.807, 2.05) is 6.92 Å². The molecule has 0 aromatic heterocycles. The fraction of sp³-hybridized carbons (Fsp3) is 0.929. The molecule has 1 saturated carbocycles. The Kier molecular flexibility index (Phi) is 7.11. The zero-order valence-electron chi connectivity index (χ0n) is 13.2. The summed E-state index contributed by atoms with van der Waals surface area (Å²) < 4.78 is 32.1. The van der Waals surface area contributed by atoms with Crippen LogP contribution >= 0.6 is 12.4 Å². The molecule has 1 aliphatic heterocycles. The maximum atomic E-state index is 12.9. The minimum absolute atomic E-state index is 0. The SMILES string of the molecule is COC(=O)C1CCCCC1S(=O)(=O)N1CCC(N)C(C)C1.Cl. The van der Waals surface area contributed by atoms with Crippen LogP contribution < -0.4 is 5.73 Å². The van der Waals surface area contributed by atoms with E-state index in [4.69, 9.17) is 10.5 Å². The van der Waals surface area contributed by atoms with Crippen LogP contribution in [0, 0.1) is 11.8 Å². The predicted molar refractivity (Wildman–Crippen MR) is 87.3 cm³/mol.